The Kier molecular flexibility index (Phi) is 7.61. The molecule has 0 aliphatic heterocycles. The van der Waals surface area contributed by atoms with Crippen LogP contribution < -0.4 is 10.1 Å². The number of ether oxygens (including phenoxy) is 1. The van der Waals surface area contributed by atoms with Crippen molar-refractivity contribution in [2.45, 2.75) is 12.8 Å². The van der Waals surface area contributed by atoms with Gasteiger partial charge in [0.15, 0.2) is 11.6 Å². The average molecular weight is 468 g/mol. The number of benzene rings is 2. The van der Waals surface area contributed by atoms with Gasteiger partial charge in [0.25, 0.3) is 0 Å². The van der Waals surface area contributed by atoms with Crippen molar-refractivity contribution >= 4 is 17.8 Å². The van der Waals surface area contributed by atoms with Crippen LogP contribution in [0.1, 0.15) is 18.4 Å². The summed E-state index contributed by atoms with van der Waals surface area (Å²) >= 11 is 0. The molecule has 8 heteroatoms. The first-order valence-electron chi connectivity index (χ1n) is 11.0. The van der Waals surface area contributed by atoms with Crippen LogP contribution in [0.3, 0.4) is 0 Å². The van der Waals surface area contributed by atoms with Gasteiger partial charge >= 0.3 is 0 Å². The molecule has 0 saturated carbocycles. The molecule has 2 heterocycles. The Labute approximate surface area is 202 Å². The van der Waals surface area contributed by atoms with Crippen molar-refractivity contribution in [1.29, 1.82) is 5.26 Å². The largest absolute Gasteiger partial charge is 0.490 e. The Hall–Kier alpha value is -4.77. The van der Waals surface area contributed by atoms with Crippen LogP contribution in [0.5, 0.6) is 5.75 Å². The first kappa shape index (κ1) is 23.4. The number of rotatable bonds is 9. The predicted octanol–water partition coefficient (Wildman–Crippen LogP) is 5.41. The number of hydrogen-bond acceptors (Lipinski definition) is 5. The lowest BCUT2D eigenvalue weighted by molar-refractivity contribution is -0.111. The highest BCUT2D eigenvalue weighted by Crippen LogP contribution is 2.26. The second kappa shape index (κ2) is 11.4. The van der Waals surface area contributed by atoms with Crippen LogP contribution in [0, 0.1) is 17.1 Å². The molecule has 0 fully saturated rings. The van der Waals surface area contributed by atoms with Crippen LogP contribution in [-0.4, -0.2) is 27.3 Å². The zero-order chi connectivity index (χ0) is 24.5. The Morgan fingerprint density at radius 1 is 1.11 bits per heavy atom. The van der Waals surface area contributed by atoms with Crippen LogP contribution in [0.15, 0.2) is 85.2 Å². The maximum atomic E-state index is 13.5. The molecule has 0 saturated heterocycles. The summed E-state index contributed by atoms with van der Waals surface area (Å²) in [6.45, 7) is 0.345. The molecule has 2 aromatic carbocycles. The van der Waals surface area contributed by atoms with Crippen LogP contribution in [0.4, 0.5) is 10.2 Å². The minimum absolute atomic E-state index is 0.290. The van der Waals surface area contributed by atoms with Crippen molar-refractivity contribution in [2.75, 3.05) is 11.9 Å². The summed E-state index contributed by atoms with van der Waals surface area (Å²) in [5.41, 5.74) is 2.87. The molecule has 0 radical (unpaired) electrons. The summed E-state index contributed by atoms with van der Waals surface area (Å²) in [6.07, 6.45) is 7.36. The molecular formula is C27H22FN5O2. The normalized spacial score (nSPS) is 10.7. The Morgan fingerprint density at radius 2 is 1.91 bits per heavy atom. The number of carbonyl (C=O) groups excluding carboxylic acids is 1. The van der Waals surface area contributed by atoms with Crippen LogP contribution in [-0.2, 0) is 4.79 Å². The van der Waals surface area contributed by atoms with Gasteiger partial charge in [0.1, 0.15) is 5.82 Å². The van der Waals surface area contributed by atoms with Crippen LogP contribution in [0.2, 0.25) is 0 Å². The number of pyridine rings is 1. The zero-order valence-electron chi connectivity index (χ0n) is 18.8. The molecule has 0 unspecified atom stereocenters. The molecule has 0 spiro atoms. The first-order valence-corrected chi connectivity index (χ1v) is 11.0. The van der Waals surface area contributed by atoms with Gasteiger partial charge in [-0.1, -0.05) is 18.2 Å². The molecule has 4 aromatic rings. The van der Waals surface area contributed by atoms with E-state index in [1.807, 2.05) is 36.5 Å². The van der Waals surface area contributed by atoms with E-state index in [1.54, 1.807) is 41.2 Å². The predicted molar refractivity (Wildman–Crippen MR) is 131 cm³/mol. The smallest absolute Gasteiger partial charge is 0.249 e. The van der Waals surface area contributed by atoms with E-state index in [1.165, 1.54) is 18.2 Å². The maximum Gasteiger partial charge on any atom is 0.249 e. The van der Waals surface area contributed by atoms with E-state index in [0.29, 0.717) is 36.5 Å². The van der Waals surface area contributed by atoms with E-state index in [-0.39, 0.29) is 11.6 Å². The number of unbranched alkanes of at least 4 members (excludes halogenated alkanes) is 1. The maximum absolute atomic E-state index is 13.5. The van der Waals surface area contributed by atoms with Crippen molar-refractivity contribution in [1.82, 2.24) is 14.8 Å². The quantitative estimate of drug-likeness (QED) is 0.263. The van der Waals surface area contributed by atoms with Crippen LogP contribution >= 0.6 is 0 Å². The highest BCUT2D eigenvalue weighted by atomic mass is 19.1. The van der Waals surface area contributed by atoms with Gasteiger partial charge in [0.2, 0.25) is 5.91 Å². The van der Waals surface area contributed by atoms with Gasteiger partial charge < -0.3 is 10.1 Å². The molecule has 174 valence electrons. The summed E-state index contributed by atoms with van der Waals surface area (Å²) in [6, 6.07) is 21.1. The third-order valence-electron chi connectivity index (χ3n) is 5.00. The minimum atomic E-state index is -0.400. The van der Waals surface area contributed by atoms with E-state index in [9.17, 15) is 9.18 Å². The molecule has 1 N–H and O–H groups in total. The van der Waals surface area contributed by atoms with Crippen molar-refractivity contribution < 1.29 is 13.9 Å². The first-order chi connectivity index (χ1) is 17.1. The topological polar surface area (TPSA) is 92.8 Å². The Balaban J connectivity index is 1.55. The highest BCUT2D eigenvalue weighted by molar-refractivity contribution is 6.02. The molecule has 2 aromatic heterocycles. The van der Waals surface area contributed by atoms with E-state index in [4.69, 9.17) is 10.00 Å². The number of nitrogens with zero attached hydrogens (tertiary/aromatic N) is 4. The molecule has 0 aliphatic rings. The summed E-state index contributed by atoms with van der Waals surface area (Å²) in [5, 5.41) is 16.0. The molecule has 4 rings (SSSR count). The molecule has 35 heavy (non-hydrogen) atoms. The van der Waals surface area contributed by atoms with E-state index < -0.39 is 5.91 Å². The van der Waals surface area contributed by atoms with Gasteiger partial charge in [-0.25, -0.2) is 14.1 Å². The fourth-order valence-corrected chi connectivity index (χ4v) is 3.31. The number of carbonyl (C=O) groups is 1. The minimum Gasteiger partial charge on any atom is -0.490 e. The highest BCUT2D eigenvalue weighted by Gasteiger charge is 2.12. The number of para-hydroxylation sites is 1. The number of nitrogens with one attached hydrogen (secondary N) is 1. The zero-order valence-corrected chi connectivity index (χ0v) is 18.8. The van der Waals surface area contributed by atoms with Crippen molar-refractivity contribution in [3.05, 3.63) is 96.6 Å². The third kappa shape index (κ3) is 6.18. The molecule has 1 amide bonds. The number of anilines is 1. The van der Waals surface area contributed by atoms with Crippen molar-refractivity contribution in [3.63, 3.8) is 0 Å². The van der Waals surface area contributed by atoms with E-state index >= 15 is 0 Å². The molecule has 0 aliphatic carbocycles. The Bertz CT molecular complexity index is 1360. The summed E-state index contributed by atoms with van der Waals surface area (Å²) in [5.74, 6) is -0.0225. The number of nitriles is 1. The molecule has 0 atom stereocenters. The lowest BCUT2D eigenvalue weighted by Gasteiger charge is -2.09. The molecule has 7 nitrogen and oxygen atoms in total. The van der Waals surface area contributed by atoms with Gasteiger partial charge in [-0.3, -0.25) is 4.79 Å². The SMILES string of the molecule is N#CCCCOc1cccnc1NC(=O)/C=C/c1cn(-c2ccccc2)nc1-c1ccc(F)cc1. The number of hydrogen-bond donors (Lipinski definition) is 1. The van der Waals surface area contributed by atoms with Crippen molar-refractivity contribution in [2.24, 2.45) is 0 Å². The van der Waals surface area contributed by atoms with E-state index in [2.05, 4.69) is 21.5 Å². The number of aromatic nitrogens is 3. The lowest BCUT2D eigenvalue weighted by atomic mass is 10.1. The fraction of sp³-hybridized carbons (Fsp3) is 0.111. The van der Waals surface area contributed by atoms with E-state index in [0.717, 1.165) is 11.3 Å². The monoisotopic (exact) mass is 467 g/mol. The van der Waals surface area contributed by atoms with Gasteiger partial charge in [0, 0.05) is 36.0 Å². The molecular weight excluding hydrogens is 445 g/mol. The van der Waals surface area contributed by atoms with Gasteiger partial charge in [-0.15, -0.1) is 0 Å². The fourth-order valence-electron chi connectivity index (χ4n) is 3.31. The van der Waals surface area contributed by atoms with Gasteiger partial charge in [-0.2, -0.15) is 10.4 Å². The standard InChI is InChI=1S/C27H22FN5O2/c28-22-13-10-20(11-14-22)26-21(19-33(32-26)23-7-2-1-3-8-23)12-15-25(34)31-27-24(9-6-17-30-27)35-18-5-4-16-29/h1-3,6-15,17,19H,4-5,18H2,(H,30,31,34)/b15-12+. The lowest BCUT2D eigenvalue weighted by Crippen LogP contribution is -2.11. The Morgan fingerprint density at radius 3 is 2.69 bits per heavy atom. The van der Waals surface area contributed by atoms with Crippen LogP contribution in [0.25, 0.3) is 23.0 Å². The second-order valence-corrected chi connectivity index (χ2v) is 7.50. The number of amides is 1. The molecule has 0 bridgehead atoms. The van der Waals surface area contributed by atoms with Crippen molar-refractivity contribution in [3.8, 4) is 28.8 Å². The summed E-state index contributed by atoms with van der Waals surface area (Å²) in [4.78, 5) is 16.9. The van der Waals surface area contributed by atoms with Gasteiger partial charge in [0.05, 0.1) is 24.1 Å². The average Bonchev–Trinajstić information content (AvgIpc) is 3.32. The second-order valence-electron chi connectivity index (χ2n) is 7.50. The van der Waals surface area contributed by atoms with Gasteiger partial charge in [-0.05, 0) is 61.0 Å². The summed E-state index contributed by atoms with van der Waals surface area (Å²) in [7, 11) is 0. The number of halogens is 1. The summed E-state index contributed by atoms with van der Waals surface area (Å²) < 4.78 is 20.8. The third-order valence-corrected chi connectivity index (χ3v) is 5.00.